The van der Waals surface area contributed by atoms with Crippen molar-refractivity contribution in [2.24, 2.45) is 14.1 Å². The molecule has 0 atom stereocenters. The van der Waals surface area contributed by atoms with Crippen molar-refractivity contribution >= 4 is 17.8 Å². The van der Waals surface area contributed by atoms with Crippen molar-refractivity contribution in [3.8, 4) is 0 Å². The number of rotatable bonds is 4. The van der Waals surface area contributed by atoms with Crippen LogP contribution in [0.25, 0.3) is 0 Å². The van der Waals surface area contributed by atoms with Crippen molar-refractivity contribution in [2.75, 3.05) is 24.2 Å². The van der Waals surface area contributed by atoms with E-state index in [-0.39, 0.29) is 12.2 Å². The van der Waals surface area contributed by atoms with Crippen LogP contribution in [0.2, 0.25) is 0 Å². The smallest absolute Gasteiger partial charge is 0.332 e. The second-order valence-electron chi connectivity index (χ2n) is 3.23. The van der Waals surface area contributed by atoms with Crippen LogP contribution in [0.5, 0.6) is 0 Å². The van der Waals surface area contributed by atoms with E-state index in [9.17, 15) is 14.4 Å². The molecule has 0 radical (unpaired) electrons. The van der Waals surface area contributed by atoms with Gasteiger partial charge in [0.1, 0.15) is 17.8 Å². The molecular formula is C9H14N4O3. The quantitative estimate of drug-likeness (QED) is 0.626. The van der Waals surface area contributed by atoms with Crippen molar-refractivity contribution in [1.29, 1.82) is 0 Å². The van der Waals surface area contributed by atoms with Crippen molar-refractivity contribution in [1.82, 2.24) is 9.13 Å². The first-order chi connectivity index (χ1) is 7.54. The van der Waals surface area contributed by atoms with E-state index in [0.29, 0.717) is 12.1 Å². The van der Waals surface area contributed by atoms with Crippen LogP contribution in [0.4, 0.5) is 11.5 Å². The lowest BCUT2D eigenvalue weighted by Crippen LogP contribution is -2.39. The minimum Gasteiger partial charge on any atom is -0.373 e. The van der Waals surface area contributed by atoms with Crippen LogP contribution in [0.3, 0.4) is 0 Å². The van der Waals surface area contributed by atoms with Gasteiger partial charge in [-0.1, -0.05) is 0 Å². The minimum atomic E-state index is -0.464. The van der Waals surface area contributed by atoms with Gasteiger partial charge >= 0.3 is 5.69 Å². The van der Waals surface area contributed by atoms with Crippen LogP contribution in [-0.2, 0) is 18.9 Å². The Morgan fingerprint density at radius 2 is 1.88 bits per heavy atom. The third-order valence-electron chi connectivity index (χ3n) is 2.26. The van der Waals surface area contributed by atoms with E-state index < -0.39 is 11.2 Å². The molecule has 0 saturated carbocycles. The monoisotopic (exact) mass is 226 g/mol. The first-order valence-electron chi connectivity index (χ1n) is 4.69. The summed E-state index contributed by atoms with van der Waals surface area (Å²) in [6, 6.07) is 0. The van der Waals surface area contributed by atoms with Crippen LogP contribution in [0.15, 0.2) is 9.59 Å². The van der Waals surface area contributed by atoms with Gasteiger partial charge in [-0.15, -0.1) is 0 Å². The van der Waals surface area contributed by atoms with Crippen LogP contribution >= 0.6 is 0 Å². The third kappa shape index (κ3) is 1.83. The number of carbonyl (C=O) groups excluding carboxylic acids is 1. The lowest BCUT2D eigenvalue weighted by Gasteiger charge is -2.14. The minimum absolute atomic E-state index is 0.0160. The van der Waals surface area contributed by atoms with Gasteiger partial charge in [0.15, 0.2) is 0 Å². The topological polar surface area (TPSA) is 85.1 Å². The first kappa shape index (κ1) is 12.0. The molecule has 7 nitrogen and oxygen atoms in total. The summed E-state index contributed by atoms with van der Waals surface area (Å²) >= 11 is 0. The number of nitrogens with zero attached hydrogens (tertiary/aromatic N) is 2. The summed E-state index contributed by atoms with van der Waals surface area (Å²) in [5.41, 5.74) is -0.681. The van der Waals surface area contributed by atoms with Gasteiger partial charge in [-0.05, 0) is 0 Å². The Morgan fingerprint density at radius 3 is 2.38 bits per heavy atom. The van der Waals surface area contributed by atoms with Gasteiger partial charge in [0.2, 0.25) is 0 Å². The van der Waals surface area contributed by atoms with Crippen molar-refractivity contribution in [2.45, 2.75) is 0 Å². The maximum atomic E-state index is 11.8. The molecule has 0 saturated heterocycles. The largest absolute Gasteiger partial charge is 0.373 e. The number of anilines is 2. The number of aromatic nitrogens is 2. The predicted octanol–water partition coefficient (Wildman–Crippen LogP) is -1.26. The standard InChI is InChI=1S/C9H14N4O3/c1-10-7-6(11-4-5-14)8(15)13(3)9(16)12(7)2/h5,10-11H,4H2,1-3H3. The van der Waals surface area contributed by atoms with Gasteiger partial charge in [0.25, 0.3) is 5.56 Å². The number of hydrogen-bond acceptors (Lipinski definition) is 5. The Morgan fingerprint density at radius 1 is 1.25 bits per heavy atom. The van der Waals surface area contributed by atoms with Crippen LogP contribution in [-0.4, -0.2) is 29.0 Å². The van der Waals surface area contributed by atoms with Gasteiger partial charge in [-0.25, -0.2) is 4.79 Å². The maximum Gasteiger partial charge on any atom is 0.332 e. The molecule has 2 N–H and O–H groups in total. The molecule has 0 unspecified atom stereocenters. The summed E-state index contributed by atoms with van der Waals surface area (Å²) < 4.78 is 2.28. The highest BCUT2D eigenvalue weighted by Crippen LogP contribution is 2.12. The van der Waals surface area contributed by atoms with Crippen LogP contribution in [0.1, 0.15) is 0 Å². The molecule has 7 heteroatoms. The fraction of sp³-hybridized carbons (Fsp3) is 0.444. The normalized spacial score (nSPS) is 9.94. The highest BCUT2D eigenvalue weighted by molar-refractivity contribution is 5.67. The van der Waals surface area contributed by atoms with Gasteiger partial charge in [-0.3, -0.25) is 13.9 Å². The number of carbonyl (C=O) groups is 1. The van der Waals surface area contributed by atoms with E-state index >= 15 is 0 Å². The van der Waals surface area contributed by atoms with E-state index in [2.05, 4.69) is 10.6 Å². The molecule has 88 valence electrons. The van der Waals surface area contributed by atoms with Crippen LogP contribution in [0, 0.1) is 0 Å². The van der Waals surface area contributed by atoms with E-state index in [0.717, 1.165) is 4.57 Å². The average Bonchev–Trinajstić information content (AvgIpc) is 2.29. The molecule has 1 heterocycles. The van der Waals surface area contributed by atoms with Crippen molar-refractivity contribution in [3.05, 3.63) is 20.8 Å². The third-order valence-corrected chi connectivity index (χ3v) is 2.26. The van der Waals surface area contributed by atoms with E-state index in [1.54, 1.807) is 14.1 Å². The summed E-state index contributed by atoms with van der Waals surface area (Å²) in [4.78, 5) is 33.6. The predicted molar refractivity (Wildman–Crippen MR) is 61.0 cm³/mol. The fourth-order valence-electron chi connectivity index (χ4n) is 1.44. The average molecular weight is 226 g/mol. The lowest BCUT2D eigenvalue weighted by atomic mass is 10.4. The zero-order chi connectivity index (χ0) is 12.3. The maximum absolute atomic E-state index is 11.8. The molecule has 1 aromatic heterocycles. The van der Waals surface area contributed by atoms with Crippen molar-refractivity contribution < 1.29 is 4.79 Å². The summed E-state index contributed by atoms with van der Waals surface area (Å²) in [5.74, 6) is 0.356. The molecule has 0 fully saturated rings. The second-order valence-corrected chi connectivity index (χ2v) is 3.23. The molecule has 0 spiro atoms. The molecule has 0 aliphatic heterocycles. The summed E-state index contributed by atoms with van der Waals surface area (Å²) in [7, 11) is 4.52. The molecule has 1 aromatic rings. The van der Waals surface area contributed by atoms with Crippen molar-refractivity contribution in [3.63, 3.8) is 0 Å². The molecule has 1 rings (SSSR count). The molecule has 0 bridgehead atoms. The van der Waals surface area contributed by atoms with Crippen LogP contribution < -0.4 is 21.9 Å². The van der Waals surface area contributed by atoms with E-state index in [1.807, 2.05) is 0 Å². The Hall–Kier alpha value is -2.05. The Bertz CT molecular complexity index is 515. The summed E-state index contributed by atoms with van der Waals surface area (Å²) in [6.07, 6.45) is 0.643. The van der Waals surface area contributed by atoms with Gasteiger partial charge in [0, 0.05) is 21.1 Å². The number of hydrogen-bond donors (Lipinski definition) is 2. The fourth-order valence-corrected chi connectivity index (χ4v) is 1.44. The van der Waals surface area contributed by atoms with Gasteiger partial charge in [0.05, 0.1) is 6.54 Å². The molecule has 0 amide bonds. The van der Waals surface area contributed by atoms with Gasteiger partial charge < -0.3 is 15.4 Å². The Kier molecular flexibility index (Phi) is 3.49. The zero-order valence-electron chi connectivity index (χ0n) is 9.40. The zero-order valence-corrected chi connectivity index (χ0v) is 9.40. The summed E-state index contributed by atoms with van der Waals surface area (Å²) in [5, 5.41) is 5.42. The molecule has 0 aromatic carbocycles. The second kappa shape index (κ2) is 4.65. The first-order valence-corrected chi connectivity index (χ1v) is 4.69. The van der Waals surface area contributed by atoms with E-state index in [4.69, 9.17) is 0 Å². The molecule has 0 aliphatic carbocycles. The number of nitrogens with one attached hydrogen (secondary N) is 2. The van der Waals surface area contributed by atoms with Gasteiger partial charge in [-0.2, -0.15) is 0 Å². The number of aldehydes is 1. The molecular weight excluding hydrogens is 212 g/mol. The summed E-state index contributed by atoms with van der Waals surface area (Å²) in [6.45, 7) is 0.0160. The molecule has 16 heavy (non-hydrogen) atoms. The highest BCUT2D eigenvalue weighted by atomic mass is 16.2. The SMILES string of the molecule is CNc1c(NCC=O)c(=O)n(C)c(=O)n1C. The molecule has 0 aliphatic rings. The lowest BCUT2D eigenvalue weighted by molar-refractivity contribution is -0.106. The Balaban J connectivity index is 3.51. The van der Waals surface area contributed by atoms with E-state index in [1.165, 1.54) is 11.6 Å². The highest BCUT2D eigenvalue weighted by Gasteiger charge is 2.13. The Labute approximate surface area is 91.7 Å².